The zero-order chi connectivity index (χ0) is 11.4. The van der Waals surface area contributed by atoms with Crippen molar-refractivity contribution in [3.8, 4) is 0 Å². The minimum atomic E-state index is -2.04. The molecule has 80 valence electrons. The van der Waals surface area contributed by atoms with Gasteiger partial charge in [-0.05, 0) is 24.9 Å². The molecule has 0 amide bonds. The smallest absolute Gasteiger partial charge is 0.186 e. The Labute approximate surface area is 90.0 Å². The lowest BCUT2D eigenvalue weighted by Crippen LogP contribution is -2.03. The Kier molecular flexibility index (Phi) is 3.70. The fourth-order valence-corrected chi connectivity index (χ4v) is 1.52. The molecule has 0 saturated heterocycles. The highest BCUT2D eigenvalue weighted by molar-refractivity contribution is 7.79. The van der Waals surface area contributed by atoms with Gasteiger partial charge in [0.05, 0.1) is 4.90 Å². The monoisotopic (exact) mass is 225 g/mol. The molecule has 6 heteroatoms. The highest BCUT2D eigenvalue weighted by Gasteiger charge is 2.08. The molecule has 1 rings (SSSR count). The van der Waals surface area contributed by atoms with Crippen molar-refractivity contribution in [1.82, 2.24) is 0 Å². The summed E-state index contributed by atoms with van der Waals surface area (Å²) in [6, 6.07) is 4.49. The summed E-state index contributed by atoms with van der Waals surface area (Å²) < 4.78 is 19.8. The maximum absolute atomic E-state index is 10.8. The summed E-state index contributed by atoms with van der Waals surface area (Å²) in [4.78, 5) is 7.80. The third kappa shape index (κ3) is 2.48. The van der Waals surface area contributed by atoms with E-state index >= 15 is 0 Å². The number of amidine groups is 1. The Balaban J connectivity index is 3.33. The number of hydrogen-bond donors (Lipinski definition) is 2. The van der Waals surface area contributed by atoms with Gasteiger partial charge >= 0.3 is 0 Å². The van der Waals surface area contributed by atoms with E-state index in [1.165, 1.54) is 18.2 Å². The van der Waals surface area contributed by atoms with Crippen LogP contribution >= 0.6 is 0 Å². The second-order valence-electron chi connectivity index (χ2n) is 2.70. The molecule has 1 unspecified atom stereocenters. The van der Waals surface area contributed by atoms with Crippen LogP contribution in [0.1, 0.15) is 5.56 Å². The summed E-state index contributed by atoms with van der Waals surface area (Å²) in [5.41, 5.74) is 6.64. The maximum atomic E-state index is 10.8. The van der Waals surface area contributed by atoms with Crippen LogP contribution in [0, 0.1) is 0 Å². The van der Waals surface area contributed by atoms with E-state index in [9.17, 15) is 4.21 Å². The van der Waals surface area contributed by atoms with E-state index in [-0.39, 0.29) is 4.90 Å². The molecular formula is C9H11N3O2S. The molecule has 1 atom stereocenters. The van der Waals surface area contributed by atoms with Crippen molar-refractivity contribution < 1.29 is 8.76 Å². The van der Waals surface area contributed by atoms with Crippen LogP contribution in [0.15, 0.2) is 33.1 Å². The van der Waals surface area contributed by atoms with E-state index < -0.39 is 11.1 Å². The molecular weight excluding hydrogens is 214 g/mol. The van der Waals surface area contributed by atoms with Crippen molar-refractivity contribution >= 4 is 29.3 Å². The Hall–Kier alpha value is -1.53. The number of hydrogen-bond acceptors (Lipinski definition) is 3. The van der Waals surface area contributed by atoms with Crippen molar-refractivity contribution in [1.29, 1.82) is 0 Å². The van der Waals surface area contributed by atoms with Crippen molar-refractivity contribution in [2.75, 3.05) is 12.8 Å². The second-order valence-corrected chi connectivity index (χ2v) is 3.67. The molecule has 1 aromatic carbocycles. The van der Waals surface area contributed by atoms with Crippen LogP contribution < -0.4 is 5.73 Å². The van der Waals surface area contributed by atoms with E-state index in [0.717, 1.165) is 0 Å². The van der Waals surface area contributed by atoms with E-state index in [1.54, 1.807) is 7.05 Å². The predicted molar refractivity (Wildman–Crippen MR) is 61.9 cm³/mol. The number of nitrogens with two attached hydrogens (primary N) is 1. The highest BCUT2D eigenvalue weighted by Crippen LogP contribution is 2.17. The first-order chi connectivity index (χ1) is 7.10. The van der Waals surface area contributed by atoms with Gasteiger partial charge in [-0.1, -0.05) is 0 Å². The van der Waals surface area contributed by atoms with Gasteiger partial charge in [0, 0.05) is 18.3 Å². The summed E-state index contributed by atoms with van der Waals surface area (Å²) >= 11 is -2.04. The fourth-order valence-electron chi connectivity index (χ4n) is 1.11. The fraction of sp³-hybridized carbons (Fsp3) is 0.111. The molecule has 0 aliphatic carbocycles. The van der Waals surface area contributed by atoms with Gasteiger partial charge in [0.1, 0.15) is 0 Å². The summed E-state index contributed by atoms with van der Waals surface area (Å²) in [7, 11) is 1.55. The first-order valence-electron chi connectivity index (χ1n) is 4.04. The van der Waals surface area contributed by atoms with Gasteiger partial charge in [0.25, 0.3) is 0 Å². The van der Waals surface area contributed by atoms with Crippen molar-refractivity contribution in [2.45, 2.75) is 4.90 Å². The zero-order valence-corrected chi connectivity index (χ0v) is 8.99. The van der Waals surface area contributed by atoms with Crippen LogP contribution in [0.25, 0.3) is 0 Å². The summed E-state index contributed by atoms with van der Waals surface area (Å²) in [6.07, 6.45) is 0. The molecule has 0 spiro atoms. The zero-order valence-electron chi connectivity index (χ0n) is 8.17. The van der Waals surface area contributed by atoms with E-state index in [2.05, 4.69) is 16.7 Å². The van der Waals surface area contributed by atoms with Gasteiger partial charge in [0.15, 0.2) is 16.9 Å². The van der Waals surface area contributed by atoms with Crippen LogP contribution in [-0.2, 0) is 11.1 Å². The van der Waals surface area contributed by atoms with Crippen LogP contribution in [0.5, 0.6) is 0 Å². The Bertz CT molecular complexity index is 443. The van der Waals surface area contributed by atoms with Crippen molar-refractivity contribution in [3.05, 3.63) is 23.8 Å². The lowest BCUT2D eigenvalue weighted by molar-refractivity contribution is 0.564. The maximum Gasteiger partial charge on any atom is 0.186 e. The summed E-state index contributed by atoms with van der Waals surface area (Å²) in [6.45, 7) is 3.35. The Morgan fingerprint density at radius 1 is 1.60 bits per heavy atom. The molecule has 3 N–H and O–H groups in total. The van der Waals surface area contributed by atoms with Gasteiger partial charge in [-0.3, -0.25) is 4.99 Å². The molecule has 0 fully saturated rings. The summed E-state index contributed by atoms with van der Waals surface area (Å²) in [5, 5.41) is 0. The topological polar surface area (TPSA) is 88.0 Å². The third-order valence-corrected chi connectivity index (χ3v) is 2.49. The summed E-state index contributed by atoms with van der Waals surface area (Å²) in [5.74, 6) is 0.347. The molecule has 15 heavy (non-hydrogen) atoms. The minimum Gasteiger partial charge on any atom is -0.398 e. The van der Waals surface area contributed by atoms with Gasteiger partial charge in [0.2, 0.25) is 0 Å². The first kappa shape index (κ1) is 11.5. The van der Waals surface area contributed by atoms with Crippen LogP contribution in [0.2, 0.25) is 0 Å². The van der Waals surface area contributed by atoms with Crippen LogP contribution in [0.3, 0.4) is 0 Å². The lowest BCUT2D eigenvalue weighted by Gasteiger charge is -2.05. The lowest BCUT2D eigenvalue weighted by atomic mass is 10.1. The van der Waals surface area contributed by atoms with Gasteiger partial charge in [-0.2, -0.15) is 0 Å². The number of anilines is 1. The number of benzene rings is 1. The average molecular weight is 225 g/mol. The average Bonchev–Trinajstić information content (AvgIpc) is 2.22. The van der Waals surface area contributed by atoms with Gasteiger partial charge < -0.3 is 10.3 Å². The predicted octanol–water partition coefficient (Wildman–Crippen LogP) is 0.926. The molecule has 0 heterocycles. The largest absolute Gasteiger partial charge is 0.398 e. The minimum absolute atomic E-state index is 0.254. The van der Waals surface area contributed by atoms with E-state index in [0.29, 0.717) is 17.1 Å². The van der Waals surface area contributed by atoms with E-state index in [4.69, 9.17) is 10.3 Å². The first-order valence-corrected chi connectivity index (χ1v) is 5.15. The van der Waals surface area contributed by atoms with Crippen LogP contribution in [-0.4, -0.2) is 28.4 Å². The molecule has 0 aliphatic heterocycles. The van der Waals surface area contributed by atoms with Crippen LogP contribution in [0.4, 0.5) is 5.69 Å². The molecule has 0 aromatic heterocycles. The number of rotatable bonds is 2. The standard InChI is InChI=1S/C9H11N3O2S/c1-11-9(12-2)7-5-6(15(13)14)3-4-8(7)10/h3-5H,1,10H2,2H3,(H,13,14). The number of aliphatic imine (C=N–C) groups is 2. The second kappa shape index (κ2) is 4.81. The molecule has 0 radical (unpaired) electrons. The number of nitrogen functional groups attached to an aromatic ring is 1. The third-order valence-electron chi connectivity index (χ3n) is 1.83. The normalized spacial score (nSPS) is 13.6. The quantitative estimate of drug-likeness (QED) is 0.339. The van der Waals surface area contributed by atoms with Crippen molar-refractivity contribution in [3.63, 3.8) is 0 Å². The Morgan fingerprint density at radius 2 is 2.27 bits per heavy atom. The SMILES string of the molecule is C=NC(=NC)c1cc(S(=O)O)ccc1N. The molecule has 0 saturated carbocycles. The van der Waals surface area contributed by atoms with E-state index in [1.807, 2.05) is 0 Å². The molecule has 0 bridgehead atoms. The number of nitrogens with zero attached hydrogens (tertiary/aromatic N) is 2. The molecule has 5 nitrogen and oxygen atoms in total. The van der Waals surface area contributed by atoms with Gasteiger partial charge in [-0.25, -0.2) is 9.20 Å². The molecule has 0 aliphatic rings. The van der Waals surface area contributed by atoms with Crippen molar-refractivity contribution in [2.24, 2.45) is 9.98 Å². The molecule has 1 aromatic rings. The Morgan fingerprint density at radius 3 is 2.73 bits per heavy atom. The van der Waals surface area contributed by atoms with Gasteiger partial charge in [-0.15, -0.1) is 0 Å². The highest BCUT2D eigenvalue weighted by atomic mass is 32.2.